The molecule has 2 aromatic carbocycles. The Morgan fingerprint density at radius 1 is 1.04 bits per heavy atom. The minimum atomic E-state index is -4.59. The van der Waals surface area contributed by atoms with Gasteiger partial charge in [0.1, 0.15) is 5.75 Å². The maximum Gasteiger partial charge on any atom is 0.416 e. The number of anilines is 2. The molecule has 0 aliphatic rings. The van der Waals surface area contributed by atoms with Crippen LogP contribution in [-0.2, 0) is 15.8 Å². The molecule has 27 heavy (non-hydrogen) atoms. The molecule has 144 valence electrons. The number of carbonyl (C=O) groups excluding carboxylic acids is 2. The summed E-state index contributed by atoms with van der Waals surface area (Å²) in [6.07, 6.45) is -5.55. The van der Waals surface area contributed by atoms with Gasteiger partial charge in [-0.2, -0.15) is 13.2 Å². The summed E-state index contributed by atoms with van der Waals surface area (Å²) in [6.45, 7) is 4.55. The Labute approximate surface area is 154 Å². The van der Waals surface area contributed by atoms with Gasteiger partial charge in [-0.15, -0.1) is 0 Å². The van der Waals surface area contributed by atoms with Crippen molar-refractivity contribution in [3.63, 3.8) is 0 Å². The zero-order valence-corrected chi connectivity index (χ0v) is 15.0. The lowest BCUT2D eigenvalue weighted by atomic mass is 10.1. The van der Waals surface area contributed by atoms with Crippen LogP contribution in [0.25, 0.3) is 0 Å². The fourth-order valence-corrected chi connectivity index (χ4v) is 2.30. The Balaban J connectivity index is 2.22. The van der Waals surface area contributed by atoms with E-state index in [1.165, 1.54) is 13.8 Å². The number of hydrogen-bond acceptors (Lipinski definition) is 3. The summed E-state index contributed by atoms with van der Waals surface area (Å²) in [6, 6.07) is 9.71. The molecular weight excluding hydrogens is 361 g/mol. The molecule has 8 heteroatoms. The Morgan fingerprint density at radius 3 is 2.33 bits per heavy atom. The first-order valence-electron chi connectivity index (χ1n) is 8.09. The lowest BCUT2D eigenvalue weighted by Gasteiger charge is -2.18. The second-order valence-corrected chi connectivity index (χ2v) is 6.01. The van der Waals surface area contributed by atoms with E-state index in [1.54, 1.807) is 18.2 Å². The third-order valence-electron chi connectivity index (χ3n) is 3.59. The van der Waals surface area contributed by atoms with Crippen molar-refractivity contribution in [2.75, 3.05) is 10.6 Å². The van der Waals surface area contributed by atoms with Crippen LogP contribution < -0.4 is 15.4 Å². The first kappa shape index (κ1) is 20.3. The van der Waals surface area contributed by atoms with Crippen molar-refractivity contribution in [2.45, 2.75) is 33.1 Å². The molecule has 0 aromatic heterocycles. The summed E-state index contributed by atoms with van der Waals surface area (Å²) in [7, 11) is 0. The molecule has 5 nitrogen and oxygen atoms in total. The smallest absolute Gasteiger partial charge is 0.416 e. The number of benzene rings is 2. The largest absolute Gasteiger partial charge is 0.481 e. The first-order chi connectivity index (χ1) is 12.6. The maximum atomic E-state index is 13.0. The Bertz CT molecular complexity index is 850. The molecule has 0 saturated heterocycles. The van der Waals surface area contributed by atoms with Crippen LogP contribution in [0, 0.1) is 6.92 Å². The molecule has 2 aromatic rings. The van der Waals surface area contributed by atoms with E-state index in [4.69, 9.17) is 4.74 Å². The van der Waals surface area contributed by atoms with Crippen LogP contribution in [0.4, 0.5) is 24.5 Å². The molecule has 0 spiro atoms. The Hall–Kier alpha value is -3.03. The quantitative estimate of drug-likeness (QED) is 0.809. The molecule has 2 amide bonds. The predicted octanol–water partition coefficient (Wildman–Crippen LogP) is 4.38. The molecule has 2 rings (SSSR count). The Kier molecular flexibility index (Phi) is 6.09. The SMILES string of the molecule is CC(=O)Nc1ccc(C(F)(F)F)cc1NC(=O)C(C)Oc1cccc(C)c1. The van der Waals surface area contributed by atoms with Crippen molar-refractivity contribution < 1.29 is 27.5 Å². The fourth-order valence-electron chi connectivity index (χ4n) is 2.30. The molecule has 0 radical (unpaired) electrons. The van der Waals surface area contributed by atoms with E-state index in [2.05, 4.69) is 10.6 Å². The number of nitrogens with one attached hydrogen (secondary N) is 2. The average molecular weight is 380 g/mol. The van der Waals surface area contributed by atoms with Gasteiger partial charge < -0.3 is 15.4 Å². The van der Waals surface area contributed by atoms with Crippen LogP contribution in [0.15, 0.2) is 42.5 Å². The molecule has 0 fully saturated rings. The number of carbonyl (C=O) groups is 2. The van der Waals surface area contributed by atoms with Crippen molar-refractivity contribution in [1.82, 2.24) is 0 Å². The van der Waals surface area contributed by atoms with Crippen molar-refractivity contribution in [1.29, 1.82) is 0 Å². The predicted molar refractivity (Wildman–Crippen MR) is 95.6 cm³/mol. The monoisotopic (exact) mass is 380 g/mol. The van der Waals surface area contributed by atoms with Crippen LogP contribution >= 0.6 is 0 Å². The number of amides is 2. The molecule has 0 heterocycles. The molecule has 0 bridgehead atoms. The minimum Gasteiger partial charge on any atom is -0.481 e. The summed E-state index contributed by atoms with van der Waals surface area (Å²) in [5, 5.41) is 4.78. The van der Waals surface area contributed by atoms with E-state index in [-0.39, 0.29) is 11.4 Å². The van der Waals surface area contributed by atoms with E-state index >= 15 is 0 Å². The normalized spacial score (nSPS) is 12.2. The summed E-state index contributed by atoms with van der Waals surface area (Å²) in [5.41, 5.74) is -0.110. The molecular formula is C19H19F3N2O3. The van der Waals surface area contributed by atoms with E-state index in [1.807, 2.05) is 13.0 Å². The third kappa shape index (κ3) is 5.73. The second-order valence-electron chi connectivity index (χ2n) is 6.01. The molecule has 1 atom stereocenters. The standard InChI is InChI=1S/C19H19F3N2O3/c1-11-5-4-6-15(9-11)27-12(2)18(26)24-17-10-14(19(20,21)22)7-8-16(17)23-13(3)25/h4-10,12H,1-3H3,(H,23,25)(H,24,26). The van der Waals surface area contributed by atoms with Crippen molar-refractivity contribution in [3.8, 4) is 5.75 Å². The highest BCUT2D eigenvalue weighted by Gasteiger charge is 2.31. The van der Waals surface area contributed by atoms with E-state index in [0.29, 0.717) is 5.75 Å². The van der Waals surface area contributed by atoms with Crippen molar-refractivity contribution >= 4 is 23.2 Å². The molecule has 2 N–H and O–H groups in total. The van der Waals surface area contributed by atoms with Crippen LogP contribution in [-0.4, -0.2) is 17.9 Å². The van der Waals surface area contributed by atoms with Gasteiger partial charge >= 0.3 is 6.18 Å². The summed E-state index contributed by atoms with van der Waals surface area (Å²) in [5.74, 6) is -0.666. The number of ether oxygens (including phenoxy) is 1. The number of aryl methyl sites for hydroxylation is 1. The van der Waals surface area contributed by atoms with Crippen LogP contribution in [0.2, 0.25) is 0 Å². The van der Waals surface area contributed by atoms with Gasteiger partial charge in [-0.3, -0.25) is 9.59 Å². The number of alkyl halides is 3. The number of rotatable bonds is 5. The molecule has 1 unspecified atom stereocenters. The highest BCUT2D eigenvalue weighted by Crippen LogP contribution is 2.34. The van der Waals surface area contributed by atoms with Gasteiger partial charge in [0.15, 0.2) is 6.10 Å². The summed E-state index contributed by atoms with van der Waals surface area (Å²) < 4.78 is 44.4. The molecule has 0 saturated carbocycles. The topological polar surface area (TPSA) is 67.4 Å². The zero-order chi connectivity index (χ0) is 20.2. The van der Waals surface area contributed by atoms with Gasteiger partial charge in [-0.1, -0.05) is 12.1 Å². The average Bonchev–Trinajstić information content (AvgIpc) is 2.54. The summed E-state index contributed by atoms with van der Waals surface area (Å²) in [4.78, 5) is 23.6. The van der Waals surface area contributed by atoms with Gasteiger partial charge in [0.05, 0.1) is 16.9 Å². The lowest BCUT2D eigenvalue weighted by molar-refractivity contribution is -0.137. The maximum absolute atomic E-state index is 13.0. The third-order valence-corrected chi connectivity index (χ3v) is 3.59. The lowest BCUT2D eigenvalue weighted by Crippen LogP contribution is -2.30. The zero-order valence-electron chi connectivity index (χ0n) is 15.0. The van der Waals surface area contributed by atoms with E-state index < -0.39 is 29.7 Å². The van der Waals surface area contributed by atoms with Gasteiger partial charge in [0.2, 0.25) is 5.91 Å². The summed E-state index contributed by atoms with van der Waals surface area (Å²) >= 11 is 0. The van der Waals surface area contributed by atoms with Crippen LogP contribution in [0.5, 0.6) is 5.75 Å². The highest BCUT2D eigenvalue weighted by molar-refractivity contribution is 6.00. The molecule has 0 aliphatic heterocycles. The minimum absolute atomic E-state index is 0.0617. The fraction of sp³-hybridized carbons (Fsp3) is 0.263. The van der Waals surface area contributed by atoms with Gasteiger partial charge in [0, 0.05) is 6.92 Å². The van der Waals surface area contributed by atoms with E-state index in [9.17, 15) is 22.8 Å². The van der Waals surface area contributed by atoms with Gasteiger partial charge in [-0.05, 0) is 49.7 Å². The van der Waals surface area contributed by atoms with Crippen molar-refractivity contribution in [2.24, 2.45) is 0 Å². The van der Waals surface area contributed by atoms with Crippen LogP contribution in [0.3, 0.4) is 0 Å². The van der Waals surface area contributed by atoms with Crippen LogP contribution in [0.1, 0.15) is 25.0 Å². The van der Waals surface area contributed by atoms with E-state index in [0.717, 1.165) is 23.8 Å². The molecule has 0 aliphatic carbocycles. The number of hydrogen-bond donors (Lipinski definition) is 2. The Morgan fingerprint density at radius 2 is 1.74 bits per heavy atom. The number of halogens is 3. The highest BCUT2D eigenvalue weighted by atomic mass is 19.4. The van der Waals surface area contributed by atoms with Gasteiger partial charge in [-0.25, -0.2) is 0 Å². The first-order valence-corrected chi connectivity index (χ1v) is 8.09. The second kappa shape index (κ2) is 8.11. The van der Waals surface area contributed by atoms with Crippen molar-refractivity contribution in [3.05, 3.63) is 53.6 Å². The van der Waals surface area contributed by atoms with Gasteiger partial charge in [0.25, 0.3) is 5.91 Å².